The molecule has 82 valence electrons. The Balaban J connectivity index is 2.77. The quantitative estimate of drug-likeness (QED) is 0.662. The van der Waals surface area contributed by atoms with Crippen LogP contribution in [0.2, 0.25) is 0 Å². The SMILES string of the molecule is FC(F)=Cc1ccc(CC(F)(F)F)cc1. The van der Waals surface area contributed by atoms with Crippen molar-refractivity contribution in [1.29, 1.82) is 0 Å². The van der Waals surface area contributed by atoms with Crippen molar-refractivity contribution in [2.75, 3.05) is 0 Å². The minimum absolute atomic E-state index is 0.0546. The number of hydrogen-bond acceptors (Lipinski definition) is 0. The van der Waals surface area contributed by atoms with E-state index in [9.17, 15) is 22.0 Å². The zero-order valence-corrected chi connectivity index (χ0v) is 7.48. The summed E-state index contributed by atoms with van der Waals surface area (Å²) >= 11 is 0. The molecule has 0 atom stereocenters. The monoisotopic (exact) mass is 222 g/mol. The smallest absolute Gasteiger partial charge is 0.173 e. The van der Waals surface area contributed by atoms with E-state index in [1.807, 2.05) is 0 Å². The molecule has 0 radical (unpaired) electrons. The van der Waals surface area contributed by atoms with E-state index in [0.717, 1.165) is 0 Å². The highest BCUT2D eigenvalue weighted by molar-refractivity contribution is 5.50. The summed E-state index contributed by atoms with van der Waals surface area (Å²) in [6, 6.07) is 4.81. The lowest BCUT2D eigenvalue weighted by molar-refractivity contribution is -0.127. The van der Waals surface area contributed by atoms with Crippen LogP contribution in [0.25, 0.3) is 6.08 Å². The first-order valence-corrected chi connectivity index (χ1v) is 4.05. The van der Waals surface area contributed by atoms with Gasteiger partial charge in [-0.2, -0.15) is 22.0 Å². The normalized spacial score (nSPS) is 11.3. The maximum Gasteiger partial charge on any atom is 0.393 e. The van der Waals surface area contributed by atoms with Crippen LogP contribution in [0.1, 0.15) is 11.1 Å². The first-order chi connectivity index (χ1) is 6.87. The van der Waals surface area contributed by atoms with Gasteiger partial charge in [0.05, 0.1) is 6.42 Å². The lowest BCUT2D eigenvalue weighted by Gasteiger charge is -2.05. The van der Waals surface area contributed by atoms with Crippen molar-refractivity contribution in [3.05, 3.63) is 41.5 Å². The van der Waals surface area contributed by atoms with Crippen LogP contribution in [0.5, 0.6) is 0 Å². The number of halogens is 5. The lowest BCUT2D eigenvalue weighted by atomic mass is 10.1. The number of alkyl halides is 3. The highest BCUT2D eigenvalue weighted by Crippen LogP contribution is 2.21. The molecule has 0 aromatic heterocycles. The van der Waals surface area contributed by atoms with Gasteiger partial charge in [0.25, 0.3) is 6.08 Å². The van der Waals surface area contributed by atoms with Gasteiger partial charge in [-0.3, -0.25) is 0 Å². The largest absolute Gasteiger partial charge is 0.393 e. The van der Waals surface area contributed by atoms with E-state index in [0.29, 0.717) is 6.08 Å². The third-order valence-electron chi connectivity index (χ3n) is 1.66. The van der Waals surface area contributed by atoms with Gasteiger partial charge < -0.3 is 0 Å². The molecular weight excluding hydrogens is 215 g/mol. The second-order valence-electron chi connectivity index (χ2n) is 2.97. The molecule has 0 saturated carbocycles. The zero-order chi connectivity index (χ0) is 11.5. The predicted octanol–water partition coefficient (Wildman–Crippen LogP) is 4.03. The van der Waals surface area contributed by atoms with E-state index >= 15 is 0 Å². The standard InChI is InChI=1S/C10H7F5/c11-9(12)5-7-1-3-8(4-2-7)6-10(13,14)15/h1-5H,6H2. The highest BCUT2D eigenvalue weighted by Gasteiger charge is 2.27. The van der Waals surface area contributed by atoms with Gasteiger partial charge in [0, 0.05) is 6.08 Å². The van der Waals surface area contributed by atoms with E-state index < -0.39 is 18.7 Å². The summed E-state index contributed by atoms with van der Waals surface area (Å²) in [6.45, 7) is 0. The topological polar surface area (TPSA) is 0 Å². The molecule has 0 aliphatic carbocycles. The molecule has 0 N–H and O–H groups in total. The van der Waals surface area contributed by atoms with Crippen LogP contribution in [0, 0.1) is 0 Å². The van der Waals surface area contributed by atoms with Gasteiger partial charge >= 0.3 is 6.18 Å². The minimum atomic E-state index is -4.28. The lowest BCUT2D eigenvalue weighted by Crippen LogP contribution is -2.11. The van der Waals surface area contributed by atoms with E-state index in [4.69, 9.17) is 0 Å². The van der Waals surface area contributed by atoms with Crippen molar-refractivity contribution >= 4 is 6.08 Å². The van der Waals surface area contributed by atoms with Crippen molar-refractivity contribution in [2.45, 2.75) is 12.6 Å². The van der Waals surface area contributed by atoms with Gasteiger partial charge in [-0.1, -0.05) is 24.3 Å². The molecule has 5 heteroatoms. The zero-order valence-electron chi connectivity index (χ0n) is 7.48. The van der Waals surface area contributed by atoms with Crippen LogP contribution in [0.15, 0.2) is 30.3 Å². The van der Waals surface area contributed by atoms with Crippen LogP contribution in [0.4, 0.5) is 22.0 Å². The van der Waals surface area contributed by atoms with Gasteiger partial charge in [-0.15, -0.1) is 0 Å². The number of rotatable bonds is 2. The summed E-state index contributed by atoms with van der Waals surface area (Å²) in [4.78, 5) is 0. The second-order valence-corrected chi connectivity index (χ2v) is 2.97. The fourth-order valence-corrected chi connectivity index (χ4v) is 1.09. The van der Waals surface area contributed by atoms with Gasteiger partial charge in [-0.25, -0.2) is 0 Å². The van der Waals surface area contributed by atoms with Gasteiger partial charge in [0.15, 0.2) is 0 Å². The van der Waals surface area contributed by atoms with Crippen LogP contribution < -0.4 is 0 Å². The van der Waals surface area contributed by atoms with E-state index in [1.165, 1.54) is 24.3 Å². The van der Waals surface area contributed by atoms with Crippen LogP contribution in [-0.4, -0.2) is 6.18 Å². The van der Waals surface area contributed by atoms with E-state index in [2.05, 4.69) is 0 Å². The Kier molecular flexibility index (Phi) is 3.44. The summed E-state index contributed by atoms with van der Waals surface area (Å²) in [7, 11) is 0. The summed E-state index contributed by atoms with van der Waals surface area (Å²) in [5, 5.41) is 0. The summed E-state index contributed by atoms with van der Waals surface area (Å²) in [6.07, 6.45) is -6.60. The van der Waals surface area contributed by atoms with Crippen LogP contribution in [0.3, 0.4) is 0 Å². The summed E-state index contributed by atoms with van der Waals surface area (Å²) in [5.74, 6) is 0. The summed E-state index contributed by atoms with van der Waals surface area (Å²) < 4.78 is 59.3. The van der Waals surface area contributed by atoms with Gasteiger partial charge in [0.1, 0.15) is 0 Å². The van der Waals surface area contributed by atoms with E-state index in [-0.39, 0.29) is 11.1 Å². The molecular formula is C10H7F5. The Morgan fingerprint density at radius 3 is 2.00 bits per heavy atom. The molecule has 0 unspecified atom stereocenters. The van der Waals surface area contributed by atoms with Crippen molar-refractivity contribution < 1.29 is 22.0 Å². The second kappa shape index (κ2) is 4.42. The first kappa shape index (κ1) is 11.7. The Morgan fingerprint density at radius 2 is 1.60 bits per heavy atom. The minimum Gasteiger partial charge on any atom is -0.173 e. The molecule has 0 nitrogen and oxygen atoms in total. The molecule has 0 bridgehead atoms. The van der Waals surface area contributed by atoms with Crippen molar-refractivity contribution in [1.82, 2.24) is 0 Å². The van der Waals surface area contributed by atoms with Crippen molar-refractivity contribution in [3.63, 3.8) is 0 Å². The molecule has 0 aliphatic heterocycles. The fraction of sp³-hybridized carbons (Fsp3) is 0.200. The molecule has 0 saturated heterocycles. The third kappa shape index (κ3) is 4.58. The van der Waals surface area contributed by atoms with Gasteiger partial charge in [0.2, 0.25) is 0 Å². The maximum absolute atomic E-state index is 11.9. The van der Waals surface area contributed by atoms with Crippen molar-refractivity contribution in [2.24, 2.45) is 0 Å². The molecule has 0 fully saturated rings. The van der Waals surface area contributed by atoms with Gasteiger partial charge in [-0.05, 0) is 11.1 Å². The molecule has 0 aliphatic rings. The Morgan fingerprint density at radius 1 is 1.07 bits per heavy atom. The first-order valence-electron chi connectivity index (χ1n) is 4.05. The molecule has 0 heterocycles. The number of hydrogen-bond donors (Lipinski definition) is 0. The average molecular weight is 222 g/mol. The highest BCUT2D eigenvalue weighted by atomic mass is 19.4. The maximum atomic E-state index is 11.9. The third-order valence-corrected chi connectivity index (χ3v) is 1.66. The van der Waals surface area contributed by atoms with E-state index in [1.54, 1.807) is 0 Å². The number of benzene rings is 1. The summed E-state index contributed by atoms with van der Waals surface area (Å²) in [5.41, 5.74) is 0.236. The molecule has 1 rings (SSSR count). The van der Waals surface area contributed by atoms with Crippen LogP contribution >= 0.6 is 0 Å². The predicted molar refractivity (Wildman–Crippen MR) is 46.4 cm³/mol. The Labute approximate surface area is 83.0 Å². The fourth-order valence-electron chi connectivity index (χ4n) is 1.09. The molecule has 1 aromatic rings. The average Bonchev–Trinajstić information content (AvgIpc) is 2.05. The molecule has 0 spiro atoms. The molecule has 1 aromatic carbocycles. The van der Waals surface area contributed by atoms with Crippen LogP contribution in [-0.2, 0) is 6.42 Å². The Hall–Kier alpha value is -1.39. The van der Waals surface area contributed by atoms with Crippen molar-refractivity contribution in [3.8, 4) is 0 Å². The molecule has 15 heavy (non-hydrogen) atoms. The molecule has 0 amide bonds. The Bertz CT molecular complexity index is 343.